The second-order valence-corrected chi connectivity index (χ2v) is 6.22. The van der Waals surface area contributed by atoms with E-state index in [0.717, 1.165) is 24.8 Å². The molecule has 0 radical (unpaired) electrons. The standard InChI is InChI=1S/C17H26N2O/c1-4-14-10-18-16(13-5-6-13)11-19(14)15-7-8-17(20-3)12(2)9-15/h7-9,13-14,16,18H,4-6,10-11H2,1-3H3. The minimum Gasteiger partial charge on any atom is -0.496 e. The molecule has 3 rings (SSSR count). The van der Waals surface area contributed by atoms with Crippen LogP contribution in [0.2, 0.25) is 0 Å². The van der Waals surface area contributed by atoms with E-state index in [4.69, 9.17) is 4.74 Å². The van der Waals surface area contributed by atoms with E-state index in [2.05, 4.69) is 42.3 Å². The molecule has 20 heavy (non-hydrogen) atoms. The lowest BCUT2D eigenvalue weighted by Crippen LogP contribution is -2.57. The molecule has 1 aromatic carbocycles. The minimum absolute atomic E-state index is 0.609. The average Bonchev–Trinajstić information content (AvgIpc) is 3.31. The van der Waals surface area contributed by atoms with E-state index < -0.39 is 0 Å². The summed E-state index contributed by atoms with van der Waals surface area (Å²) in [5, 5.41) is 3.75. The zero-order valence-corrected chi connectivity index (χ0v) is 12.9. The molecule has 0 bridgehead atoms. The highest BCUT2D eigenvalue weighted by Gasteiger charge is 2.36. The van der Waals surface area contributed by atoms with Gasteiger partial charge in [0.05, 0.1) is 7.11 Å². The van der Waals surface area contributed by atoms with E-state index in [9.17, 15) is 0 Å². The third kappa shape index (κ3) is 2.64. The first-order valence-corrected chi connectivity index (χ1v) is 7.87. The molecule has 1 saturated carbocycles. The van der Waals surface area contributed by atoms with Crippen LogP contribution in [0.1, 0.15) is 31.7 Å². The van der Waals surface area contributed by atoms with Gasteiger partial charge in [-0.15, -0.1) is 0 Å². The Hall–Kier alpha value is -1.22. The summed E-state index contributed by atoms with van der Waals surface area (Å²) in [5.41, 5.74) is 2.57. The molecule has 110 valence electrons. The highest BCUT2D eigenvalue weighted by molar-refractivity contribution is 5.54. The molecule has 0 aromatic heterocycles. The van der Waals surface area contributed by atoms with Gasteiger partial charge in [0.1, 0.15) is 5.75 Å². The number of piperazine rings is 1. The van der Waals surface area contributed by atoms with Gasteiger partial charge in [0.15, 0.2) is 0 Å². The van der Waals surface area contributed by atoms with Gasteiger partial charge in [0.2, 0.25) is 0 Å². The van der Waals surface area contributed by atoms with Gasteiger partial charge in [-0.1, -0.05) is 6.92 Å². The van der Waals surface area contributed by atoms with Crippen LogP contribution in [0.4, 0.5) is 5.69 Å². The van der Waals surface area contributed by atoms with Crippen molar-refractivity contribution in [3.05, 3.63) is 23.8 Å². The molecule has 0 amide bonds. The van der Waals surface area contributed by atoms with E-state index in [-0.39, 0.29) is 0 Å². The Kier molecular flexibility index (Phi) is 3.88. The lowest BCUT2D eigenvalue weighted by molar-refractivity contribution is 0.359. The summed E-state index contributed by atoms with van der Waals surface area (Å²) in [5.74, 6) is 1.89. The van der Waals surface area contributed by atoms with Crippen LogP contribution >= 0.6 is 0 Å². The lowest BCUT2D eigenvalue weighted by Gasteiger charge is -2.42. The second kappa shape index (κ2) is 5.65. The molecular formula is C17H26N2O. The molecule has 2 aliphatic rings. The van der Waals surface area contributed by atoms with Gasteiger partial charge in [0.25, 0.3) is 0 Å². The topological polar surface area (TPSA) is 24.5 Å². The molecule has 1 heterocycles. The Balaban J connectivity index is 1.82. The van der Waals surface area contributed by atoms with Crippen molar-refractivity contribution in [1.29, 1.82) is 0 Å². The first-order valence-electron chi connectivity index (χ1n) is 7.87. The highest BCUT2D eigenvalue weighted by atomic mass is 16.5. The van der Waals surface area contributed by atoms with Crippen molar-refractivity contribution in [2.75, 3.05) is 25.1 Å². The molecule has 1 N–H and O–H groups in total. The fraction of sp³-hybridized carbons (Fsp3) is 0.647. The van der Waals surface area contributed by atoms with Gasteiger partial charge in [-0.2, -0.15) is 0 Å². The number of aryl methyl sites for hydroxylation is 1. The average molecular weight is 274 g/mol. The van der Waals surface area contributed by atoms with E-state index in [0.29, 0.717) is 12.1 Å². The normalized spacial score (nSPS) is 26.6. The summed E-state index contributed by atoms with van der Waals surface area (Å²) in [7, 11) is 1.74. The van der Waals surface area contributed by atoms with Gasteiger partial charge < -0.3 is 15.0 Å². The molecule has 3 heteroatoms. The maximum absolute atomic E-state index is 5.38. The Morgan fingerprint density at radius 1 is 1.35 bits per heavy atom. The monoisotopic (exact) mass is 274 g/mol. The molecule has 0 spiro atoms. The Morgan fingerprint density at radius 2 is 2.15 bits per heavy atom. The summed E-state index contributed by atoms with van der Waals surface area (Å²) in [6.45, 7) is 6.68. The molecule has 1 aromatic rings. The molecule has 3 nitrogen and oxygen atoms in total. The number of nitrogens with zero attached hydrogens (tertiary/aromatic N) is 1. The second-order valence-electron chi connectivity index (χ2n) is 6.22. The van der Waals surface area contributed by atoms with Gasteiger partial charge >= 0.3 is 0 Å². The number of methoxy groups -OCH3 is 1. The zero-order chi connectivity index (χ0) is 14.1. The van der Waals surface area contributed by atoms with E-state index in [1.165, 1.54) is 30.5 Å². The zero-order valence-electron chi connectivity index (χ0n) is 12.9. The van der Waals surface area contributed by atoms with Crippen LogP contribution < -0.4 is 15.0 Å². The van der Waals surface area contributed by atoms with Crippen molar-refractivity contribution in [3.63, 3.8) is 0 Å². The van der Waals surface area contributed by atoms with Crippen LogP contribution in [0.5, 0.6) is 5.75 Å². The van der Waals surface area contributed by atoms with Crippen LogP contribution in [0.15, 0.2) is 18.2 Å². The van der Waals surface area contributed by atoms with E-state index >= 15 is 0 Å². The van der Waals surface area contributed by atoms with Crippen molar-refractivity contribution in [2.45, 2.75) is 45.2 Å². The van der Waals surface area contributed by atoms with Crippen LogP contribution in [-0.4, -0.2) is 32.3 Å². The first kappa shape index (κ1) is 13.7. The Morgan fingerprint density at radius 3 is 2.75 bits per heavy atom. The van der Waals surface area contributed by atoms with Crippen LogP contribution in [0, 0.1) is 12.8 Å². The van der Waals surface area contributed by atoms with Crippen LogP contribution in [0.25, 0.3) is 0 Å². The van der Waals surface area contributed by atoms with Crippen LogP contribution in [-0.2, 0) is 0 Å². The van der Waals surface area contributed by atoms with Crippen molar-refractivity contribution >= 4 is 5.69 Å². The number of ether oxygens (including phenoxy) is 1. The van der Waals surface area contributed by atoms with Gasteiger partial charge in [-0.05, 0) is 55.9 Å². The number of nitrogens with one attached hydrogen (secondary N) is 1. The fourth-order valence-electron chi connectivity index (χ4n) is 3.36. The Labute approximate surface area is 122 Å². The molecule has 2 unspecified atom stereocenters. The smallest absolute Gasteiger partial charge is 0.121 e. The van der Waals surface area contributed by atoms with Crippen molar-refractivity contribution in [2.24, 2.45) is 5.92 Å². The molecule has 1 aliphatic heterocycles. The number of anilines is 1. The summed E-state index contributed by atoms with van der Waals surface area (Å²) >= 11 is 0. The lowest BCUT2D eigenvalue weighted by atomic mass is 10.0. The van der Waals surface area contributed by atoms with E-state index in [1.54, 1.807) is 7.11 Å². The van der Waals surface area contributed by atoms with Gasteiger partial charge in [-0.3, -0.25) is 0 Å². The summed E-state index contributed by atoms with van der Waals surface area (Å²) < 4.78 is 5.38. The summed E-state index contributed by atoms with van der Waals surface area (Å²) in [4.78, 5) is 2.60. The number of hydrogen-bond acceptors (Lipinski definition) is 3. The number of rotatable bonds is 4. The molecular weight excluding hydrogens is 248 g/mol. The Bertz CT molecular complexity index is 470. The van der Waals surface area contributed by atoms with Crippen molar-refractivity contribution in [3.8, 4) is 5.75 Å². The molecule has 2 fully saturated rings. The predicted molar refractivity (Wildman–Crippen MR) is 83.7 cm³/mol. The first-order chi connectivity index (χ1) is 9.72. The quantitative estimate of drug-likeness (QED) is 0.913. The summed E-state index contributed by atoms with van der Waals surface area (Å²) in [6.07, 6.45) is 4.00. The van der Waals surface area contributed by atoms with Crippen molar-refractivity contribution < 1.29 is 4.74 Å². The van der Waals surface area contributed by atoms with Crippen LogP contribution in [0.3, 0.4) is 0 Å². The molecule has 2 atom stereocenters. The van der Waals surface area contributed by atoms with Crippen molar-refractivity contribution in [1.82, 2.24) is 5.32 Å². The fourth-order valence-corrected chi connectivity index (χ4v) is 3.36. The minimum atomic E-state index is 0.609. The van der Waals surface area contributed by atoms with Gasteiger partial charge in [-0.25, -0.2) is 0 Å². The number of hydrogen-bond donors (Lipinski definition) is 1. The third-order valence-electron chi connectivity index (χ3n) is 4.82. The molecule has 1 aliphatic carbocycles. The van der Waals surface area contributed by atoms with E-state index in [1.807, 2.05) is 0 Å². The van der Waals surface area contributed by atoms with Gasteiger partial charge in [0, 0.05) is 30.9 Å². The SMILES string of the molecule is CCC1CNC(C2CC2)CN1c1ccc(OC)c(C)c1. The predicted octanol–water partition coefficient (Wildman–Crippen LogP) is 2.97. The summed E-state index contributed by atoms with van der Waals surface area (Å²) in [6, 6.07) is 7.88. The third-order valence-corrected chi connectivity index (χ3v) is 4.82. The maximum Gasteiger partial charge on any atom is 0.121 e. The number of benzene rings is 1. The molecule has 1 saturated heterocycles. The highest BCUT2D eigenvalue weighted by Crippen LogP contribution is 2.36. The largest absolute Gasteiger partial charge is 0.496 e. The maximum atomic E-state index is 5.38.